The summed E-state index contributed by atoms with van der Waals surface area (Å²) in [7, 11) is 0. The molecule has 0 aliphatic carbocycles. The summed E-state index contributed by atoms with van der Waals surface area (Å²) in [5, 5.41) is 9.20. The number of morpholine rings is 1. The number of aromatic nitrogens is 1. The molecule has 27 heavy (non-hydrogen) atoms. The minimum absolute atomic E-state index is 0.0219. The number of fused-ring (bicyclic) bond motifs is 1. The van der Waals surface area contributed by atoms with Crippen LogP contribution in [0.3, 0.4) is 0 Å². The van der Waals surface area contributed by atoms with Gasteiger partial charge in [-0.15, -0.1) is 0 Å². The van der Waals surface area contributed by atoms with Crippen LogP contribution >= 0.6 is 0 Å². The van der Waals surface area contributed by atoms with Gasteiger partial charge in [-0.1, -0.05) is 12.1 Å². The fourth-order valence-electron chi connectivity index (χ4n) is 3.84. The van der Waals surface area contributed by atoms with Gasteiger partial charge in [-0.25, -0.2) is 4.79 Å². The Bertz CT molecular complexity index is 810. The number of amides is 1. The lowest BCUT2D eigenvalue weighted by Crippen LogP contribution is -2.54. The van der Waals surface area contributed by atoms with E-state index < -0.39 is 12.1 Å². The molecule has 0 bridgehead atoms. The van der Waals surface area contributed by atoms with Crippen LogP contribution in [0, 0.1) is 5.92 Å². The number of hydrogen-bond acceptors (Lipinski definition) is 6. The number of carbonyl (C=O) groups is 2. The molecule has 2 aliphatic rings. The number of aliphatic carboxylic acids is 1. The Hall–Kier alpha value is -2.61. The summed E-state index contributed by atoms with van der Waals surface area (Å²) >= 11 is 0. The van der Waals surface area contributed by atoms with Crippen LogP contribution in [0.4, 0.5) is 6.01 Å². The van der Waals surface area contributed by atoms with E-state index in [1.807, 2.05) is 24.3 Å². The van der Waals surface area contributed by atoms with Gasteiger partial charge in [-0.05, 0) is 31.9 Å². The van der Waals surface area contributed by atoms with Crippen LogP contribution in [0.1, 0.15) is 19.8 Å². The highest BCUT2D eigenvalue weighted by Gasteiger charge is 2.36. The molecule has 0 radical (unpaired) electrons. The van der Waals surface area contributed by atoms with Crippen LogP contribution in [-0.2, 0) is 14.3 Å². The van der Waals surface area contributed by atoms with Gasteiger partial charge in [0.05, 0.1) is 12.6 Å². The van der Waals surface area contributed by atoms with Gasteiger partial charge >= 0.3 is 5.97 Å². The largest absolute Gasteiger partial charge is 0.479 e. The monoisotopic (exact) mass is 373 g/mol. The Balaban J connectivity index is 1.38. The van der Waals surface area contributed by atoms with E-state index in [0.29, 0.717) is 38.5 Å². The molecule has 1 aromatic carbocycles. The SMILES string of the molecule is C[C@@H]1CN(C(=O)C2CCN(c3nc4ccccc4o3)CC2)CC(C(=O)O)O1. The number of carbonyl (C=O) groups excluding carboxylic acids is 1. The summed E-state index contributed by atoms with van der Waals surface area (Å²) in [6, 6.07) is 8.23. The molecule has 2 fully saturated rings. The van der Waals surface area contributed by atoms with E-state index >= 15 is 0 Å². The number of anilines is 1. The zero-order valence-electron chi connectivity index (χ0n) is 15.2. The third-order valence-electron chi connectivity index (χ3n) is 5.24. The van der Waals surface area contributed by atoms with Crippen molar-refractivity contribution in [3.05, 3.63) is 24.3 Å². The molecule has 2 aliphatic heterocycles. The number of piperidine rings is 1. The fraction of sp³-hybridized carbons (Fsp3) is 0.526. The maximum Gasteiger partial charge on any atom is 0.334 e. The Morgan fingerprint density at radius 1 is 1.19 bits per heavy atom. The molecule has 1 aromatic heterocycles. The summed E-state index contributed by atoms with van der Waals surface area (Å²) < 4.78 is 11.2. The minimum Gasteiger partial charge on any atom is -0.479 e. The molecule has 1 unspecified atom stereocenters. The molecule has 144 valence electrons. The highest BCUT2D eigenvalue weighted by Crippen LogP contribution is 2.27. The third-order valence-corrected chi connectivity index (χ3v) is 5.24. The second-order valence-electron chi connectivity index (χ2n) is 7.24. The number of carboxylic acid groups (broad SMARTS) is 1. The molecule has 4 rings (SSSR count). The quantitative estimate of drug-likeness (QED) is 0.875. The predicted octanol–water partition coefficient (Wildman–Crippen LogP) is 1.74. The second-order valence-corrected chi connectivity index (χ2v) is 7.24. The lowest BCUT2D eigenvalue weighted by molar-refractivity contribution is -0.168. The van der Waals surface area contributed by atoms with Crippen molar-refractivity contribution >= 4 is 29.0 Å². The van der Waals surface area contributed by atoms with E-state index in [0.717, 1.165) is 11.1 Å². The fourth-order valence-corrected chi connectivity index (χ4v) is 3.84. The van der Waals surface area contributed by atoms with Crippen molar-refractivity contribution in [2.24, 2.45) is 5.92 Å². The van der Waals surface area contributed by atoms with Crippen LogP contribution in [0.5, 0.6) is 0 Å². The molecule has 0 spiro atoms. The van der Waals surface area contributed by atoms with Gasteiger partial charge in [-0.2, -0.15) is 4.98 Å². The summed E-state index contributed by atoms with van der Waals surface area (Å²) in [5.74, 6) is -1.11. The minimum atomic E-state index is -1.02. The topological polar surface area (TPSA) is 96.1 Å². The average Bonchev–Trinajstić information content (AvgIpc) is 3.11. The first-order chi connectivity index (χ1) is 13.0. The van der Waals surface area contributed by atoms with E-state index in [2.05, 4.69) is 9.88 Å². The third kappa shape index (κ3) is 3.62. The molecular weight excluding hydrogens is 350 g/mol. The first-order valence-electron chi connectivity index (χ1n) is 9.29. The van der Waals surface area contributed by atoms with Gasteiger partial charge in [-0.3, -0.25) is 4.79 Å². The Kier molecular flexibility index (Phi) is 4.73. The van der Waals surface area contributed by atoms with Crippen molar-refractivity contribution in [3.63, 3.8) is 0 Å². The van der Waals surface area contributed by atoms with E-state index in [4.69, 9.17) is 9.15 Å². The molecule has 2 aromatic rings. The zero-order valence-corrected chi connectivity index (χ0v) is 15.2. The highest BCUT2D eigenvalue weighted by atomic mass is 16.5. The normalized spacial score (nSPS) is 24.3. The van der Waals surface area contributed by atoms with Crippen LogP contribution in [-0.4, -0.2) is 65.3 Å². The first-order valence-corrected chi connectivity index (χ1v) is 9.29. The Labute approximate surface area is 156 Å². The highest BCUT2D eigenvalue weighted by molar-refractivity contribution is 5.81. The Morgan fingerprint density at radius 3 is 2.63 bits per heavy atom. The van der Waals surface area contributed by atoms with Gasteiger partial charge in [0, 0.05) is 25.6 Å². The van der Waals surface area contributed by atoms with Gasteiger partial charge in [0.25, 0.3) is 6.01 Å². The molecule has 1 N–H and O–H groups in total. The molecule has 3 heterocycles. The van der Waals surface area contributed by atoms with Gasteiger partial charge < -0.3 is 24.1 Å². The summed E-state index contributed by atoms with van der Waals surface area (Å²) in [4.78, 5) is 32.3. The average molecular weight is 373 g/mol. The zero-order chi connectivity index (χ0) is 19.0. The molecule has 2 saturated heterocycles. The van der Waals surface area contributed by atoms with E-state index in [1.165, 1.54) is 0 Å². The number of benzene rings is 1. The number of rotatable bonds is 3. The number of carboxylic acids is 1. The second kappa shape index (κ2) is 7.19. The molecule has 8 heteroatoms. The molecular formula is C19H23N3O5. The van der Waals surface area contributed by atoms with E-state index in [9.17, 15) is 14.7 Å². The maximum absolute atomic E-state index is 12.9. The van der Waals surface area contributed by atoms with Gasteiger partial charge in [0.15, 0.2) is 11.7 Å². The molecule has 8 nitrogen and oxygen atoms in total. The molecule has 2 atom stereocenters. The number of oxazole rings is 1. The number of hydrogen-bond donors (Lipinski definition) is 1. The first kappa shape index (κ1) is 17.8. The number of ether oxygens (including phenoxy) is 1. The molecule has 0 saturated carbocycles. The maximum atomic E-state index is 12.9. The van der Waals surface area contributed by atoms with Gasteiger partial charge in [0.1, 0.15) is 5.52 Å². The summed E-state index contributed by atoms with van der Waals surface area (Å²) in [5.41, 5.74) is 1.58. The smallest absolute Gasteiger partial charge is 0.334 e. The lowest BCUT2D eigenvalue weighted by atomic mass is 9.95. The van der Waals surface area contributed by atoms with Crippen LogP contribution in [0.2, 0.25) is 0 Å². The van der Waals surface area contributed by atoms with E-state index in [-0.39, 0.29) is 24.5 Å². The van der Waals surface area contributed by atoms with Crippen LogP contribution in [0.15, 0.2) is 28.7 Å². The van der Waals surface area contributed by atoms with Crippen LogP contribution < -0.4 is 4.90 Å². The van der Waals surface area contributed by atoms with E-state index in [1.54, 1.807) is 11.8 Å². The standard InChI is InChI=1S/C19H23N3O5/c1-12-10-22(11-16(26-12)18(24)25)17(23)13-6-8-21(9-7-13)19-20-14-4-2-3-5-15(14)27-19/h2-5,12-13,16H,6-11H2,1H3,(H,24,25)/t12-,16?/m1/s1. The van der Waals surface area contributed by atoms with Crippen molar-refractivity contribution in [3.8, 4) is 0 Å². The predicted molar refractivity (Wildman–Crippen MR) is 97.5 cm³/mol. The van der Waals surface area contributed by atoms with Crippen molar-refractivity contribution in [2.75, 3.05) is 31.1 Å². The van der Waals surface area contributed by atoms with Crippen molar-refractivity contribution < 1.29 is 23.8 Å². The van der Waals surface area contributed by atoms with Crippen molar-refractivity contribution in [1.82, 2.24) is 9.88 Å². The number of nitrogens with zero attached hydrogens (tertiary/aromatic N) is 3. The summed E-state index contributed by atoms with van der Waals surface area (Å²) in [6.45, 7) is 3.72. The van der Waals surface area contributed by atoms with Crippen molar-refractivity contribution in [2.45, 2.75) is 32.0 Å². The lowest BCUT2D eigenvalue weighted by Gasteiger charge is -2.38. The Morgan fingerprint density at radius 2 is 1.93 bits per heavy atom. The summed E-state index contributed by atoms with van der Waals surface area (Å²) in [6.07, 6.45) is 0.170. The number of para-hydroxylation sites is 2. The van der Waals surface area contributed by atoms with Crippen molar-refractivity contribution in [1.29, 1.82) is 0 Å². The van der Waals surface area contributed by atoms with Gasteiger partial charge in [0.2, 0.25) is 5.91 Å². The molecule has 1 amide bonds. The van der Waals surface area contributed by atoms with Crippen LogP contribution in [0.25, 0.3) is 11.1 Å².